The van der Waals surface area contributed by atoms with Gasteiger partial charge in [-0.25, -0.2) is 30.3 Å². The van der Waals surface area contributed by atoms with Crippen LogP contribution < -0.4 is 20.3 Å². The lowest BCUT2D eigenvalue weighted by molar-refractivity contribution is -0.250. The lowest BCUT2D eigenvalue weighted by atomic mass is 9.32. The first-order valence-electron chi connectivity index (χ1n) is 20.2. The SMILES string of the molecule is CC1(C)CCC(C[C@@H]2CNCCN2c2ccccc2C(=O)NS(=O)(=O)c2ccc(N[C@H](CC=O)CSc3ccccc3)c(S(=O)(=O)C(F)(F)F)c2)=C(C23CC(C(F)F)(C2)C3)C1. The number of halogens is 5. The number of hydrogen-bond donors (Lipinski definition) is 3. The zero-order chi connectivity index (χ0) is 44.0. The molecule has 4 fully saturated rings. The summed E-state index contributed by atoms with van der Waals surface area (Å²) in [4.78, 5) is 26.0. The quantitative estimate of drug-likeness (QED) is 0.0556. The summed E-state index contributed by atoms with van der Waals surface area (Å²) in [7, 11) is -11.1. The Hall–Kier alpha value is -4.00. The zero-order valence-electron chi connectivity index (χ0n) is 33.7. The molecule has 18 heteroatoms. The van der Waals surface area contributed by atoms with Crippen molar-refractivity contribution in [3.8, 4) is 0 Å². The number of alkyl halides is 5. The van der Waals surface area contributed by atoms with Gasteiger partial charge in [-0.3, -0.25) is 4.79 Å². The Morgan fingerprint density at radius 3 is 2.36 bits per heavy atom. The topological polar surface area (TPSA) is 142 Å². The molecule has 0 spiro atoms. The van der Waals surface area contributed by atoms with Crippen LogP contribution in [0.1, 0.15) is 75.6 Å². The zero-order valence-corrected chi connectivity index (χ0v) is 36.2. The number of anilines is 2. The summed E-state index contributed by atoms with van der Waals surface area (Å²) in [6.07, 6.45) is 2.68. The second-order valence-corrected chi connectivity index (χ2v) is 22.3. The van der Waals surface area contributed by atoms with E-state index in [2.05, 4.69) is 24.5 Å². The smallest absolute Gasteiger partial charge is 0.380 e. The monoisotopic (exact) mass is 908 g/mol. The van der Waals surface area contributed by atoms with Gasteiger partial charge >= 0.3 is 5.51 Å². The Bertz CT molecular complexity index is 2390. The fourth-order valence-electron chi connectivity index (χ4n) is 9.59. The van der Waals surface area contributed by atoms with Crippen molar-refractivity contribution in [1.82, 2.24) is 10.0 Å². The standard InChI is InChI=1S/C43H49F5N4O6S3/c1-40(2)16-14-28(34(22-40)41-25-42(26-41,27-41)39(44)45)20-30-23-49-17-18-52(30)36-11-7-6-10-33(36)38(54)51-61(57,58)32-12-13-35(37(21-32)60(55,56)43(46,47)48)50-29(15-19-53)24-59-31-8-4-3-5-9-31/h3-13,19,21,29-30,39,49-50H,14-18,20,22-27H2,1-2H3,(H,51,54)/t29-,30-,41?,42?/m1/s1. The first kappa shape index (κ1) is 45.0. The van der Waals surface area contributed by atoms with Crippen LogP contribution in [0.5, 0.6) is 0 Å². The predicted octanol–water partition coefficient (Wildman–Crippen LogP) is 8.37. The Morgan fingerprint density at radius 2 is 1.69 bits per heavy atom. The molecule has 3 saturated carbocycles. The highest BCUT2D eigenvalue weighted by Gasteiger charge is 2.73. The summed E-state index contributed by atoms with van der Waals surface area (Å²) in [6, 6.07) is 16.4. The lowest BCUT2D eigenvalue weighted by Crippen LogP contribution is -2.66. The maximum atomic E-state index is 14.1. The van der Waals surface area contributed by atoms with Crippen LogP contribution in [0.2, 0.25) is 0 Å². The van der Waals surface area contributed by atoms with Gasteiger partial charge in [0.25, 0.3) is 25.8 Å². The summed E-state index contributed by atoms with van der Waals surface area (Å²) in [6.45, 7) is 5.96. The number of amides is 1. The van der Waals surface area contributed by atoms with Gasteiger partial charge in [0.2, 0.25) is 6.43 Å². The van der Waals surface area contributed by atoms with Gasteiger partial charge in [-0.2, -0.15) is 13.2 Å². The third-order valence-electron chi connectivity index (χ3n) is 12.7. The van der Waals surface area contributed by atoms with Crippen molar-refractivity contribution in [2.24, 2.45) is 16.2 Å². The molecule has 1 aliphatic heterocycles. The van der Waals surface area contributed by atoms with Gasteiger partial charge in [0.15, 0.2) is 0 Å². The van der Waals surface area contributed by atoms with E-state index in [1.165, 1.54) is 29.0 Å². The molecule has 10 nitrogen and oxygen atoms in total. The van der Waals surface area contributed by atoms with E-state index in [9.17, 15) is 48.4 Å². The third kappa shape index (κ3) is 9.09. The Balaban J connectivity index is 1.14. The molecule has 1 heterocycles. The number of nitrogens with one attached hydrogen (secondary N) is 3. The number of para-hydroxylation sites is 1. The molecule has 3 N–H and O–H groups in total. The number of thioether (sulfide) groups is 1. The summed E-state index contributed by atoms with van der Waals surface area (Å²) < 4.78 is 125. The highest BCUT2D eigenvalue weighted by Crippen LogP contribution is 2.79. The van der Waals surface area contributed by atoms with Gasteiger partial charge in [0.05, 0.1) is 16.1 Å². The Labute approximate surface area is 357 Å². The van der Waals surface area contributed by atoms with E-state index < -0.39 is 64.6 Å². The van der Waals surface area contributed by atoms with Crippen LogP contribution in [-0.2, 0) is 24.7 Å². The molecule has 4 aliphatic carbocycles. The maximum Gasteiger partial charge on any atom is 0.501 e. The average Bonchev–Trinajstić information content (AvgIpc) is 3.17. The van der Waals surface area contributed by atoms with Crippen LogP contribution in [-0.4, -0.2) is 78.4 Å². The molecular formula is C43H49F5N4O6S3. The minimum Gasteiger partial charge on any atom is -0.380 e. The summed E-state index contributed by atoms with van der Waals surface area (Å²) >= 11 is 1.28. The number of benzene rings is 3. The number of allylic oxidation sites excluding steroid dienone is 1. The van der Waals surface area contributed by atoms with Gasteiger partial charge in [0, 0.05) is 59.9 Å². The maximum absolute atomic E-state index is 14.1. The highest BCUT2D eigenvalue weighted by molar-refractivity contribution is 7.99. The molecular weight excluding hydrogens is 860 g/mol. The summed E-state index contributed by atoms with van der Waals surface area (Å²) in [5.74, 6) is -0.929. The van der Waals surface area contributed by atoms with Gasteiger partial charge in [-0.1, -0.05) is 55.3 Å². The molecule has 8 rings (SSSR count). The minimum atomic E-state index is -6.14. The van der Waals surface area contributed by atoms with E-state index in [1.807, 2.05) is 9.62 Å². The molecule has 61 heavy (non-hydrogen) atoms. The summed E-state index contributed by atoms with van der Waals surface area (Å²) in [5.41, 5.74) is -4.49. The van der Waals surface area contributed by atoms with Crippen molar-refractivity contribution in [2.75, 3.05) is 35.6 Å². The largest absolute Gasteiger partial charge is 0.501 e. The molecule has 1 amide bonds. The summed E-state index contributed by atoms with van der Waals surface area (Å²) in [5, 5.41) is 6.11. The van der Waals surface area contributed by atoms with Crippen LogP contribution in [0, 0.1) is 16.2 Å². The van der Waals surface area contributed by atoms with E-state index in [4.69, 9.17) is 0 Å². The van der Waals surface area contributed by atoms with Crippen molar-refractivity contribution in [3.05, 3.63) is 89.5 Å². The molecule has 2 atom stereocenters. The number of hydrogen-bond acceptors (Lipinski definition) is 10. The van der Waals surface area contributed by atoms with Crippen molar-refractivity contribution in [2.45, 2.75) is 104 Å². The number of carbonyl (C=O) groups is 2. The number of aldehydes is 1. The van der Waals surface area contributed by atoms with Crippen molar-refractivity contribution in [1.29, 1.82) is 0 Å². The van der Waals surface area contributed by atoms with Crippen LogP contribution >= 0.6 is 11.8 Å². The Morgan fingerprint density at radius 1 is 1.00 bits per heavy atom. The van der Waals surface area contributed by atoms with Crippen molar-refractivity contribution >= 4 is 55.2 Å². The molecule has 3 aromatic rings. The van der Waals surface area contributed by atoms with Gasteiger partial charge < -0.3 is 20.3 Å². The van der Waals surface area contributed by atoms with Crippen LogP contribution in [0.3, 0.4) is 0 Å². The Kier molecular flexibility index (Phi) is 12.5. The van der Waals surface area contributed by atoms with Crippen LogP contribution in [0.25, 0.3) is 0 Å². The number of nitrogens with zero attached hydrogens (tertiary/aromatic N) is 1. The molecule has 2 bridgehead atoms. The lowest BCUT2D eigenvalue weighted by Gasteiger charge is -2.72. The molecule has 0 aromatic heterocycles. The predicted molar refractivity (Wildman–Crippen MR) is 224 cm³/mol. The number of carbonyl (C=O) groups excluding carboxylic acids is 2. The van der Waals surface area contributed by atoms with E-state index in [1.54, 1.807) is 48.5 Å². The number of rotatable bonds is 16. The minimum absolute atomic E-state index is 0.0238. The second-order valence-electron chi connectivity index (χ2n) is 17.6. The third-order valence-corrected chi connectivity index (χ3v) is 16.7. The first-order chi connectivity index (χ1) is 28.7. The van der Waals surface area contributed by atoms with Crippen molar-refractivity contribution in [3.63, 3.8) is 0 Å². The van der Waals surface area contributed by atoms with Gasteiger partial charge in [0.1, 0.15) is 11.2 Å². The van der Waals surface area contributed by atoms with Gasteiger partial charge in [-0.05, 0) is 98.2 Å². The van der Waals surface area contributed by atoms with Crippen molar-refractivity contribution < 1.29 is 48.4 Å². The number of piperazine rings is 1. The molecule has 330 valence electrons. The second kappa shape index (κ2) is 16.9. The first-order valence-corrected chi connectivity index (χ1v) is 24.1. The fourth-order valence-corrected chi connectivity index (χ4v) is 12.6. The van der Waals surface area contributed by atoms with Crippen LogP contribution in [0.15, 0.2) is 98.6 Å². The van der Waals surface area contributed by atoms with Crippen LogP contribution in [0.4, 0.5) is 33.3 Å². The molecule has 1 saturated heterocycles. The normalized spacial score (nSPS) is 24.4. The molecule has 0 radical (unpaired) electrons. The van der Waals surface area contributed by atoms with E-state index in [-0.39, 0.29) is 34.6 Å². The number of sulfonamides is 1. The highest BCUT2D eigenvalue weighted by atomic mass is 32.2. The molecule has 0 unspecified atom stereocenters. The van der Waals surface area contributed by atoms with Gasteiger partial charge in [-0.15, -0.1) is 11.8 Å². The average molecular weight is 909 g/mol. The van der Waals surface area contributed by atoms with E-state index >= 15 is 0 Å². The number of sulfone groups is 1. The fraction of sp³-hybridized carbons (Fsp3) is 0.488. The molecule has 3 aromatic carbocycles. The molecule has 5 aliphatic rings. The van der Waals surface area contributed by atoms with E-state index in [0.29, 0.717) is 63.4 Å². The van der Waals surface area contributed by atoms with E-state index in [0.717, 1.165) is 36.3 Å².